The molecule has 178 valence electrons. The second-order valence-corrected chi connectivity index (χ2v) is 10.1. The first kappa shape index (κ1) is 22.5. The lowest BCUT2D eigenvalue weighted by molar-refractivity contribution is -0.386. The van der Waals surface area contributed by atoms with Crippen molar-refractivity contribution in [3.8, 4) is 0 Å². The zero-order valence-corrected chi connectivity index (χ0v) is 19.3. The van der Waals surface area contributed by atoms with Crippen molar-refractivity contribution in [1.82, 2.24) is 9.47 Å². The number of ketones is 1. The van der Waals surface area contributed by atoms with E-state index in [1.165, 1.54) is 10.6 Å². The summed E-state index contributed by atoms with van der Waals surface area (Å²) in [6.45, 7) is 3.39. The zero-order chi connectivity index (χ0) is 24.0. The standard InChI is InChI=1S/C26H29N3O5/c1-16(19-7-5-17(6-8-19)11-20-3-2-4-24(20)30)25(31)27-13-18-12-21(15-27)22-9-10-23(29(33)34)26(32)28(22)14-18/h5-10,16,18,20-21H,2-4,11-15H2,1H3/t16-,18?,20+,21?/m1/s1. The number of fused-ring (bicyclic) bond motifs is 4. The van der Waals surface area contributed by atoms with Gasteiger partial charge in [0.15, 0.2) is 0 Å². The minimum absolute atomic E-state index is 0.00322. The molecule has 1 saturated carbocycles. The molecule has 1 aromatic heterocycles. The van der Waals surface area contributed by atoms with Crippen LogP contribution < -0.4 is 5.56 Å². The first-order valence-corrected chi connectivity index (χ1v) is 12.1. The molecule has 0 N–H and O–H groups in total. The molecule has 4 atom stereocenters. The van der Waals surface area contributed by atoms with E-state index in [2.05, 4.69) is 0 Å². The summed E-state index contributed by atoms with van der Waals surface area (Å²) in [6.07, 6.45) is 4.30. The predicted octanol–water partition coefficient (Wildman–Crippen LogP) is 3.42. The molecule has 8 nitrogen and oxygen atoms in total. The second-order valence-electron chi connectivity index (χ2n) is 10.1. The lowest BCUT2D eigenvalue weighted by atomic mass is 9.82. The number of rotatable bonds is 5. The number of hydrogen-bond donors (Lipinski definition) is 0. The van der Waals surface area contributed by atoms with E-state index in [0.717, 1.165) is 42.5 Å². The lowest BCUT2D eigenvalue weighted by Gasteiger charge is -2.43. The van der Waals surface area contributed by atoms with Crippen molar-refractivity contribution in [2.45, 2.75) is 57.4 Å². The molecule has 5 rings (SSSR count). The molecule has 1 saturated heterocycles. The first-order valence-electron chi connectivity index (χ1n) is 12.1. The lowest BCUT2D eigenvalue weighted by Crippen LogP contribution is -2.50. The van der Waals surface area contributed by atoms with Crippen LogP contribution in [0.4, 0.5) is 5.69 Å². The van der Waals surface area contributed by atoms with Crippen LogP contribution in [0.25, 0.3) is 0 Å². The van der Waals surface area contributed by atoms with Crippen LogP contribution in [0.1, 0.15) is 61.3 Å². The van der Waals surface area contributed by atoms with Crippen LogP contribution in [0, 0.1) is 22.0 Å². The highest BCUT2D eigenvalue weighted by molar-refractivity contribution is 5.84. The number of Topliss-reactive ketones (excluding diaryl/α,β-unsaturated/α-hetero) is 1. The molecular weight excluding hydrogens is 434 g/mol. The van der Waals surface area contributed by atoms with Crippen LogP contribution in [0.2, 0.25) is 0 Å². The van der Waals surface area contributed by atoms with Crippen molar-refractivity contribution in [1.29, 1.82) is 0 Å². The summed E-state index contributed by atoms with van der Waals surface area (Å²) in [4.78, 5) is 50.3. The Morgan fingerprint density at radius 1 is 1.12 bits per heavy atom. The van der Waals surface area contributed by atoms with Gasteiger partial charge in [-0.2, -0.15) is 0 Å². The highest BCUT2D eigenvalue weighted by Crippen LogP contribution is 2.37. The number of piperidine rings is 1. The Morgan fingerprint density at radius 2 is 1.88 bits per heavy atom. The summed E-state index contributed by atoms with van der Waals surface area (Å²) in [7, 11) is 0. The predicted molar refractivity (Wildman–Crippen MR) is 126 cm³/mol. The van der Waals surface area contributed by atoms with Crippen LogP contribution in [-0.2, 0) is 22.6 Å². The van der Waals surface area contributed by atoms with Gasteiger partial charge >= 0.3 is 11.2 Å². The minimum Gasteiger partial charge on any atom is -0.341 e. The first-order chi connectivity index (χ1) is 16.3. The number of carbonyl (C=O) groups is 2. The summed E-state index contributed by atoms with van der Waals surface area (Å²) < 4.78 is 1.54. The van der Waals surface area contributed by atoms with Crippen molar-refractivity contribution in [3.05, 3.63) is 73.7 Å². The van der Waals surface area contributed by atoms with Crippen LogP contribution in [0.5, 0.6) is 0 Å². The molecule has 2 unspecified atom stereocenters. The van der Waals surface area contributed by atoms with Crippen molar-refractivity contribution < 1.29 is 14.5 Å². The van der Waals surface area contributed by atoms with Gasteiger partial charge in [0.05, 0.1) is 10.8 Å². The van der Waals surface area contributed by atoms with Crippen LogP contribution >= 0.6 is 0 Å². The largest absolute Gasteiger partial charge is 0.341 e. The molecule has 0 spiro atoms. The van der Waals surface area contributed by atoms with E-state index >= 15 is 0 Å². The molecule has 2 aliphatic heterocycles. The van der Waals surface area contributed by atoms with Gasteiger partial charge in [0.25, 0.3) is 0 Å². The van der Waals surface area contributed by atoms with E-state index in [1.54, 1.807) is 6.07 Å². The number of nitrogens with zero attached hydrogens (tertiary/aromatic N) is 3. The van der Waals surface area contributed by atoms with Gasteiger partial charge in [-0.15, -0.1) is 0 Å². The fourth-order valence-electron chi connectivity index (χ4n) is 6.00. The monoisotopic (exact) mass is 463 g/mol. The third kappa shape index (κ3) is 4.06. The Balaban J connectivity index is 1.29. The average molecular weight is 464 g/mol. The Bertz CT molecular complexity index is 1200. The van der Waals surface area contributed by atoms with E-state index < -0.39 is 16.2 Å². The van der Waals surface area contributed by atoms with E-state index in [1.807, 2.05) is 36.1 Å². The molecule has 2 bridgehead atoms. The Kier molecular flexibility index (Phi) is 5.83. The van der Waals surface area contributed by atoms with E-state index in [9.17, 15) is 24.5 Å². The number of carbonyl (C=O) groups excluding carboxylic acids is 2. The zero-order valence-electron chi connectivity index (χ0n) is 19.3. The smallest absolute Gasteiger partial charge is 0.334 e. The number of hydrogen-bond acceptors (Lipinski definition) is 5. The Hall–Kier alpha value is -3.29. The van der Waals surface area contributed by atoms with Crippen molar-refractivity contribution in [2.75, 3.05) is 13.1 Å². The molecule has 3 aliphatic rings. The normalized spacial score (nSPS) is 24.6. The maximum atomic E-state index is 13.4. The molecule has 2 fully saturated rings. The number of pyridine rings is 1. The SMILES string of the molecule is C[C@@H](C(=O)N1CC2CC(C1)c1ccc([N+](=O)[O-])c(=O)n1C2)c1ccc(C[C@@H]2CCCC2=O)cc1. The Morgan fingerprint density at radius 3 is 2.56 bits per heavy atom. The minimum atomic E-state index is -0.631. The maximum Gasteiger partial charge on any atom is 0.334 e. The van der Waals surface area contributed by atoms with Gasteiger partial charge in [0.2, 0.25) is 5.91 Å². The quantitative estimate of drug-likeness (QED) is 0.499. The number of benzene rings is 1. The number of nitro groups is 1. The molecule has 8 heteroatoms. The molecule has 2 aromatic rings. The third-order valence-electron chi connectivity index (χ3n) is 7.86. The maximum absolute atomic E-state index is 13.4. The van der Waals surface area contributed by atoms with Gasteiger partial charge in [-0.25, -0.2) is 0 Å². The molecule has 34 heavy (non-hydrogen) atoms. The molecule has 0 radical (unpaired) electrons. The van der Waals surface area contributed by atoms with Crippen LogP contribution in [-0.4, -0.2) is 39.2 Å². The highest BCUT2D eigenvalue weighted by atomic mass is 16.6. The van der Waals surface area contributed by atoms with E-state index in [-0.39, 0.29) is 29.6 Å². The van der Waals surface area contributed by atoms with Crippen molar-refractivity contribution in [2.24, 2.45) is 11.8 Å². The summed E-state index contributed by atoms with van der Waals surface area (Å²) >= 11 is 0. The summed E-state index contributed by atoms with van der Waals surface area (Å²) in [5.74, 6) is 0.374. The summed E-state index contributed by atoms with van der Waals surface area (Å²) in [5.41, 5.74) is 1.92. The van der Waals surface area contributed by atoms with Crippen LogP contribution in [0.3, 0.4) is 0 Å². The molecule has 1 aliphatic carbocycles. The molecular formula is C26H29N3O5. The fraction of sp³-hybridized carbons (Fsp3) is 0.500. The van der Waals surface area contributed by atoms with Gasteiger partial charge in [0, 0.05) is 49.7 Å². The average Bonchev–Trinajstić information content (AvgIpc) is 3.23. The van der Waals surface area contributed by atoms with E-state index in [4.69, 9.17) is 0 Å². The van der Waals surface area contributed by atoms with Crippen molar-refractivity contribution in [3.63, 3.8) is 0 Å². The number of amides is 1. The second kappa shape index (κ2) is 8.81. The Labute approximate surface area is 197 Å². The molecule has 3 heterocycles. The van der Waals surface area contributed by atoms with Crippen LogP contribution in [0.15, 0.2) is 41.2 Å². The third-order valence-corrected chi connectivity index (χ3v) is 7.86. The number of likely N-dealkylation sites (tertiary alicyclic amines) is 1. The topological polar surface area (TPSA) is 103 Å². The van der Waals surface area contributed by atoms with Gasteiger partial charge in [-0.05, 0) is 55.7 Å². The molecule has 1 aromatic carbocycles. The van der Waals surface area contributed by atoms with Crippen molar-refractivity contribution >= 4 is 17.4 Å². The van der Waals surface area contributed by atoms with Gasteiger partial charge < -0.3 is 9.47 Å². The highest BCUT2D eigenvalue weighted by Gasteiger charge is 2.38. The molecule has 1 amide bonds. The fourth-order valence-corrected chi connectivity index (χ4v) is 6.00. The van der Waals surface area contributed by atoms with E-state index in [0.29, 0.717) is 31.8 Å². The number of aromatic nitrogens is 1. The summed E-state index contributed by atoms with van der Waals surface area (Å²) in [5, 5.41) is 11.2. The summed E-state index contributed by atoms with van der Waals surface area (Å²) in [6, 6.07) is 11.0. The van der Waals surface area contributed by atoms with Gasteiger partial charge in [-0.3, -0.25) is 24.5 Å². The van der Waals surface area contributed by atoms with Gasteiger partial charge in [-0.1, -0.05) is 24.3 Å². The van der Waals surface area contributed by atoms with Gasteiger partial charge in [0.1, 0.15) is 5.78 Å².